The molecule has 0 bridgehead atoms. The first-order valence-corrected chi connectivity index (χ1v) is 9.97. The summed E-state index contributed by atoms with van der Waals surface area (Å²) in [6.45, 7) is 0. The minimum absolute atomic E-state index is 0.142. The van der Waals surface area contributed by atoms with Gasteiger partial charge in [-0.3, -0.25) is 9.59 Å². The Kier molecular flexibility index (Phi) is 6.99. The van der Waals surface area contributed by atoms with Gasteiger partial charge < -0.3 is 16.2 Å². The van der Waals surface area contributed by atoms with E-state index < -0.39 is 17.6 Å². The van der Waals surface area contributed by atoms with Crippen molar-refractivity contribution in [3.05, 3.63) is 108 Å². The maximum atomic E-state index is 13.1. The van der Waals surface area contributed by atoms with E-state index in [0.717, 1.165) is 16.7 Å². The highest BCUT2D eigenvalue weighted by molar-refractivity contribution is 5.79. The molecule has 5 heteroatoms. The van der Waals surface area contributed by atoms with Gasteiger partial charge in [-0.2, -0.15) is 0 Å². The quantitative estimate of drug-likeness (QED) is 0.476. The van der Waals surface area contributed by atoms with Gasteiger partial charge in [-0.05, 0) is 23.1 Å². The molecule has 1 atom stereocenters. The number of hydrogen-bond donors (Lipinski definition) is 3. The van der Waals surface area contributed by atoms with Crippen LogP contribution in [-0.2, 0) is 15.1 Å². The van der Waals surface area contributed by atoms with Gasteiger partial charge in [-0.1, -0.05) is 91.0 Å². The van der Waals surface area contributed by atoms with Gasteiger partial charge in [0.25, 0.3) is 0 Å². The van der Waals surface area contributed by atoms with Gasteiger partial charge in [0.1, 0.15) is 5.54 Å². The van der Waals surface area contributed by atoms with E-state index in [9.17, 15) is 9.59 Å². The number of benzene rings is 3. The van der Waals surface area contributed by atoms with Crippen molar-refractivity contribution in [2.45, 2.75) is 30.8 Å². The molecular formula is C25H26N2O3. The van der Waals surface area contributed by atoms with Crippen LogP contribution in [0.15, 0.2) is 91.0 Å². The molecule has 0 aliphatic heterocycles. The summed E-state index contributed by atoms with van der Waals surface area (Å²) in [7, 11) is 0. The van der Waals surface area contributed by atoms with Crippen LogP contribution in [0.4, 0.5) is 0 Å². The number of carboxylic acid groups (broad SMARTS) is 1. The molecule has 3 aromatic carbocycles. The Bertz CT molecular complexity index is 863. The van der Waals surface area contributed by atoms with Crippen molar-refractivity contribution in [3.63, 3.8) is 0 Å². The number of nitrogens with two attached hydrogens (primary N) is 1. The molecule has 1 amide bonds. The monoisotopic (exact) mass is 402 g/mol. The fraction of sp³-hybridized carbons (Fsp3) is 0.200. The molecule has 0 aromatic heterocycles. The molecule has 0 heterocycles. The molecule has 3 aromatic rings. The van der Waals surface area contributed by atoms with E-state index in [4.69, 9.17) is 10.8 Å². The van der Waals surface area contributed by atoms with Crippen LogP contribution >= 0.6 is 0 Å². The van der Waals surface area contributed by atoms with Crippen LogP contribution < -0.4 is 11.1 Å². The number of amides is 1. The van der Waals surface area contributed by atoms with E-state index in [2.05, 4.69) is 5.32 Å². The van der Waals surface area contributed by atoms with E-state index in [1.54, 1.807) is 0 Å². The highest BCUT2D eigenvalue weighted by atomic mass is 16.4. The van der Waals surface area contributed by atoms with Crippen molar-refractivity contribution in [1.29, 1.82) is 0 Å². The van der Waals surface area contributed by atoms with Crippen LogP contribution in [0, 0.1) is 0 Å². The molecule has 30 heavy (non-hydrogen) atoms. The van der Waals surface area contributed by atoms with Crippen molar-refractivity contribution in [2.24, 2.45) is 5.73 Å². The van der Waals surface area contributed by atoms with E-state index in [-0.39, 0.29) is 18.7 Å². The van der Waals surface area contributed by atoms with Crippen molar-refractivity contribution in [3.8, 4) is 0 Å². The first-order valence-electron chi connectivity index (χ1n) is 9.97. The van der Waals surface area contributed by atoms with Gasteiger partial charge in [0.2, 0.25) is 5.91 Å². The Morgan fingerprint density at radius 1 is 0.800 bits per heavy atom. The predicted molar refractivity (Wildman–Crippen MR) is 117 cm³/mol. The van der Waals surface area contributed by atoms with Gasteiger partial charge in [-0.15, -0.1) is 0 Å². The van der Waals surface area contributed by atoms with E-state index in [1.807, 2.05) is 91.0 Å². The zero-order chi connectivity index (χ0) is 21.4. The fourth-order valence-electron chi connectivity index (χ4n) is 3.70. The summed E-state index contributed by atoms with van der Waals surface area (Å²) in [5, 5.41) is 12.1. The Labute approximate surface area is 176 Å². The molecule has 5 nitrogen and oxygen atoms in total. The van der Waals surface area contributed by atoms with E-state index >= 15 is 0 Å². The molecule has 154 valence electrons. The zero-order valence-corrected chi connectivity index (χ0v) is 16.7. The number of nitrogens with one attached hydrogen (secondary N) is 1. The van der Waals surface area contributed by atoms with E-state index in [1.165, 1.54) is 0 Å². The predicted octanol–water partition coefficient (Wildman–Crippen LogP) is 3.68. The number of rotatable bonds is 9. The molecule has 0 fully saturated rings. The van der Waals surface area contributed by atoms with Crippen LogP contribution in [0.5, 0.6) is 0 Å². The summed E-state index contributed by atoms with van der Waals surface area (Å²) in [4.78, 5) is 23.9. The second-order valence-corrected chi connectivity index (χ2v) is 7.29. The Hall–Kier alpha value is -3.44. The Balaban J connectivity index is 2.01. The SMILES string of the molecule is N[C@@H](CCC(=O)NC(c1ccccc1)(c1ccccc1)c1ccccc1)CC(=O)O. The lowest BCUT2D eigenvalue weighted by Gasteiger charge is -2.37. The largest absolute Gasteiger partial charge is 0.481 e. The number of carbonyl (C=O) groups excluding carboxylic acids is 1. The lowest BCUT2D eigenvalue weighted by atomic mass is 9.77. The lowest BCUT2D eigenvalue weighted by molar-refractivity contribution is -0.137. The van der Waals surface area contributed by atoms with Crippen LogP contribution in [0.3, 0.4) is 0 Å². The van der Waals surface area contributed by atoms with E-state index in [0.29, 0.717) is 6.42 Å². The minimum atomic E-state index is -0.963. The van der Waals surface area contributed by atoms with Crippen molar-refractivity contribution in [2.75, 3.05) is 0 Å². The van der Waals surface area contributed by atoms with Crippen LogP contribution in [0.1, 0.15) is 36.0 Å². The van der Waals surface area contributed by atoms with Crippen molar-refractivity contribution in [1.82, 2.24) is 5.32 Å². The number of carbonyl (C=O) groups is 2. The third kappa shape index (κ3) is 4.93. The molecule has 0 unspecified atom stereocenters. The molecule has 0 radical (unpaired) electrons. The fourth-order valence-corrected chi connectivity index (χ4v) is 3.70. The average molecular weight is 402 g/mol. The summed E-state index contributed by atoms with van der Waals surface area (Å²) >= 11 is 0. The minimum Gasteiger partial charge on any atom is -0.481 e. The van der Waals surface area contributed by atoms with Gasteiger partial charge >= 0.3 is 5.97 Å². The first-order chi connectivity index (χ1) is 14.5. The smallest absolute Gasteiger partial charge is 0.304 e. The lowest BCUT2D eigenvalue weighted by Crippen LogP contribution is -2.48. The molecule has 4 N–H and O–H groups in total. The third-order valence-electron chi connectivity index (χ3n) is 5.13. The second kappa shape index (κ2) is 9.85. The van der Waals surface area contributed by atoms with Gasteiger partial charge in [0.15, 0.2) is 0 Å². The standard InChI is InChI=1S/C25H26N2O3/c26-22(18-24(29)30)16-17-23(28)27-25(19-10-4-1-5-11-19,20-12-6-2-7-13-20)21-14-8-3-9-15-21/h1-15,22H,16-18,26H2,(H,27,28)(H,29,30)/t22-/m0/s1. The highest BCUT2D eigenvalue weighted by Gasteiger charge is 2.37. The molecule has 0 spiro atoms. The third-order valence-corrected chi connectivity index (χ3v) is 5.13. The van der Waals surface area contributed by atoms with Crippen LogP contribution in [0.2, 0.25) is 0 Å². The Morgan fingerprint density at radius 2 is 1.20 bits per heavy atom. The number of hydrogen-bond acceptors (Lipinski definition) is 3. The summed E-state index contributed by atoms with van der Waals surface area (Å²) < 4.78 is 0. The zero-order valence-electron chi connectivity index (χ0n) is 16.7. The molecule has 0 aliphatic carbocycles. The number of aliphatic carboxylic acids is 1. The van der Waals surface area contributed by atoms with Crippen LogP contribution in [-0.4, -0.2) is 23.0 Å². The molecule has 3 rings (SSSR count). The van der Waals surface area contributed by atoms with Crippen molar-refractivity contribution >= 4 is 11.9 Å². The summed E-state index contributed by atoms with van der Waals surface area (Å²) in [5.41, 5.74) is 7.79. The summed E-state index contributed by atoms with van der Waals surface area (Å²) in [6, 6.07) is 28.9. The number of carboxylic acids is 1. The Morgan fingerprint density at radius 3 is 1.57 bits per heavy atom. The molecule has 0 saturated heterocycles. The maximum Gasteiger partial charge on any atom is 0.304 e. The maximum absolute atomic E-state index is 13.1. The second-order valence-electron chi connectivity index (χ2n) is 7.29. The average Bonchev–Trinajstić information content (AvgIpc) is 2.77. The van der Waals surface area contributed by atoms with Crippen LogP contribution in [0.25, 0.3) is 0 Å². The van der Waals surface area contributed by atoms with Gasteiger partial charge in [0.05, 0.1) is 6.42 Å². The van der Waals surface area contributed by atoms with Crippen molar-refractivity contribution < 1.29 is 14.7 Å². The molecular weight excluding hydrogens is 376 g/mol. The molecule has 0 aliphatic rings. The van der Waals surface area contributed by atoms with Gasteiger partial charge in [0, 0.05) is 12.5 Å². The summed E-state index contributed by atoms with van der Waals surface area (Å²) in [6.07, 6.45) is 0.282. The normalized spacial score (nSPS) is 12.2. The molecule has 0 saturated carbocycles. The first kappa shape index (κ1) is 21.3. The van der Waals surface area contributed by atoms with Gasteiger partial charge in [-0.25, -0.2) is 0 Å². The summed E-state index contributed by atoms with van der Waals surface area (Å²) in [5.74, 6) is -1.15. The topological polar surface area (TPSA) is 92.4 Å². The highest BCUT2D eigenvalue weighted by Crippen LogP contribution is 2.36.